The van der Waals surface area contributed by atoms with Gasteiger partial charge in [-0.3, -0.25) is 9.59 Å². The second kappa shape index (κ2) is 9.55. The standard InChI is InChI=1S/C24H29N3O4/c1-16(2)17(3)27(24(29)22-9-7-13-31-22)15-18-14-19(10-11-20(18)26(4)5)25-23(28)21-8-6-12-30-21/h6-14,16-17H,15H2,1-5H3,(H,25,28)/t17-/m0/s1. The SMILES string of the molecule is CC(C)[C@H](C)N(Cc1cc(NC(=O)c2ccco2)ccc1N(C)C)C(=O)c1ccco1. The molecule has 3 aromatic rings. The van der Waals surface area contributed by atoms with E-state index in [-0.39, 0.29) is 29.5 Å². The van der Waals surface area contributed by atoms with Crippen LogP contribution >= 0.6 is 0 Å². The van der Waals surface area contributed by atoms with E-state index in [9.17, 15) is 9.59 Å². The van der Waals surface area contributed by atoms with Crippen LogP contribution in [0.3, 0.4) is 0 Å². The molecule has 1 aromatic carbocycles. The molecule has 1 atom stereocenters. The van der Waals surface area contributed by atoms with Crippen molar-refractivity contribution in [3.8, 4) is 0 Å². The molecule has 0 saturated heterocycles. The van der Waals surface area contributed by atoms with Gasteiger partial charge in [0.2, 0.25) is 0 Å². The summed E-state index contributed by atoms with van der Waals surface area (Å²) in [4.78, 5) is 29.4. The van der Waals surface area contributed by atoms with Crippen LogP contribution in [-0.4, -0.2) is 36.9 Å². The lowest BCUT2D eigenvalue weighted by atomic mass is 10.0. The zero-order chi connectivity index (χ0) is 22.5. The van der Waals surface area contributed by atoms with E-state index in [1.54, 1.807) is 24.3 Å². The molecule has 0 unspecified atom stereocenters. The Balaban J connectivity index is 1.93. The zero-order valence-corrected chi connectivity index (χ0v) is 18.6. The summed E-state index contributed by atoms with van der Waals surface area (Å²) in [7, 11) is 3.90. The average Bonchev–Trinajstić information content (AvgIpc) is 3.45. The fraction of sp³-hybridized carbons (Fsp3) is 0.333. The highest BCUT2D eigenvalue weighted by atomic mass is 16.3. The van der Waals surface area contributed by atoms with Gasteiger partial charge in [0.15, 0.2) is 11.5 Å². The van der Waals surface area contributed by atoms with Crippen molar-refractivity contribution in [1.82, 2.24) is 4.90 Å². The topological polar surface area (TPSA) is 78.9 Å². The minimum absolute atomic E-state index is 0.0195. The molecular formula is C24H29N3O4. The van der Waals surface area contributed by atoms with E-state index in [0.717, 1.165) is 11.3 Å². The fourth-order valence-corrected chi connectivity index (χ4v) is 3.31. The summed E-state index contributed by atoms with van der Waals surface area (Å²) >= 11 is 0. The van der Waals surface area contributed by atoms with E-state index in [4.69, 9.17) is 8.83 Å². The van der Waals surface area contributed by atoms with E-state index in [0.29, 0.717) is 18.0 Å². The Labute approximate surface area is 182 Å². The van der Waals surface area contributed by atoms with E-state index in [2.05, 4.69) is 19.2 Å². The second-order valence-electron chi connectivity index (χ2n) is 8.06. The number of hydrogen-bond donors (Lipinski definition) is 1. The Morgan fingerprint density at radius 2 is 1.61 bits per heavy atom. The molecular weight excluding hydrogens is 394 g/mol. The van der Waals surface area contributed by atoms with Gasteiger partial charge < -0.3 is 24.0 Å². The van der Waals surface area contributed by atoms with E-state index in [1.807, 2.05) is 49.0 Å². The molecule has 2 amide bonds. The molecule has 0 aliphatic rings. The Hall–Kier alpha value is -3.48. The summed E-state index contributed by atoms with van der Waals surface area (Å²) in [5, 5.41) is 2.86. The predicted octanol–water partition coefficient (Wildman–Crippen LogP) is 4.88. The minimum atomic E-state index is -0.326. The normalized spacial score (nSPS) is 11.9. The van der Waals surface area contributed by atoms with Gasteiger partial charge in [0, 0.05) is 38.1 Å². The van der Waals surface area contributed by atoms with Gasteiger partial charge in [-0.25, -0.2) is 0 Å². The molecule has 0 bridgehead atoms. The first-order chi connectivity index (χ1) is 14.8. The number of rotatable bonds is 8. The summed E-state index contributed by atoms with van der Waals surface area (Å²) < 4.78 is 10.5. The largest absolute Gasteiger partial charge is 0.459 e. The van der Waals surface area contributed by atoms with Gasteiger partial charge >= 0.3 is 0 Å². The minimum Gasteiger partial charge on any atom is -0.459 e. The van der Waals surface area contributed by atoms with Crippen LogP contribution < -0.4 is 10.2 Å². The van der Waals surface area contributed by atoms with Gasteiger partial charge in [-0.15, -0.1) is 0 Å². The zero-order valence-electron chi connectivity index (χ0n) is 18.6. The summed E-state index contributed by atoms with van der Waals surface area (Å²) in [5.74, 6) is 0.305. The number of nitrogens with zero attached hydrogens (tertiary/aromatic N) is 2. The van der Waals surface area contributed by atoms with Crippen molar-refractivity contribution in [1.29, 1.82) is 0 Å². The highest BCUT2D eigenvalue weighted by Gasteiger charge is 2.27. The van der Waals surface area contributed by atoms with Crippen molar-refractivity contribution in [3.05, 3.63) is 72.1 Å². The summed E-state index contributed by atoms with van der Waals surface area (Å²) in [5.41, 5.74) is 2.50. The average molecular weight is 424 g/mol. The molecule has 7 heteroatoms. The van der Waals surface area contributed by atoms with E-state index >= 15 is 0 Å². The van der Waals surface area contributed by atoms with Crippen molar-refractivity contribution in [3.63, 3.8) is 0 Å². The number of amides is 2. The summed E-state index contributed by atoms with van der Waals surface area (Å²) in [6.45, 7) is 6.57. The number of anilines is 2. The number of nitrogens with one attached hydrogen (secondary N) is 1. The van der Waals surface area contributed by atoms with Gasteiger partial charge in [0.05, 0.1) is 12.5 Å². The smallest absolute Gasteiger partial charge is 0.291 e. The van der Waals surface area contributed by atoms with Crippen LogP contribution in [0.4, 0.5) is 11.4 Å². The predicted molar refractivity (Wildman–Crippen MR) is 120 cm³/mol. The first-order valence-corrected chi connectivity index (χ1v) is 10.3. The number of carbonyl (C=O) groups excluding carboxylic acids is 2. The maximum absolute atomic E-state index is 13.2. The highest BCUT2D eigenvalue weighted by molar-refractivity contribution is 6.02. The molecule has 31 heavy (non-hydrogen) atoms. The molecule has 0 spiro atoms. The number of furan rings is 2. The Morgan fingerprint density at radius 1 is 0.968 bits per heavy atom. The van der Waals surface area contributed by atoms with Crippen LogP contribution in [0.25, 0.3) is 0 Å². The Kier molecular flexibility index (Phi) is 6.84. The lowest BCUT2D eigenvalue weighted by Gasteiger charge is -2.32. The molecule has 164 valence electrons. The number of benzene rings is 1. The summed E-state index contributed by atoms with van der Waals surface area (Å²) in [6, 6.07) is 12.3. The molecule has 7 nitrogen and oxygen atoms in total. The van der Waals surface area contributed by atoms with Crippen molar-refractivity contribution < 1.29 is 18.4 Å². The highest BCUT2D eigenvalue weighted by Crippen LogP contribution is 2.27. The molecule has 0 fully saturated rings. The van der Waals surface area contributed by atoms with Gasteiger partial charge in [-0.2, -0.15) is 0 Å². The maximum Gasteiger partial charge on any atom is 0.291 e. The quantitative estimate of drug-likeness (QED) is 0.559. The third-order valence-electron chi connectivity index (χ3n) is 5.35. The first-order valence-electron chi connectivity index (χ1n) is 10.3. The third-order valence-corrected chi connectivity index (χ3v) is 5.35. The van der Waals surface area contributed by atoms with Crippen LogP contribution in [0.2, 0.25) is 0 Å². The molecule has 3 rings (SSSR count). The first kappa shape index (κ1) is 22.2. The molecule has 0 aliphatic heterocycles. The van der Waals surface area contributed by atoms with Gasteiger partial charge in [0.25, 0.3) is 11.8 Å². The van der Waals surface area contributed by atoms with Gasteiger partial charge in [0.1, 0.15) is 0 Å². The van der Waals surface area contributed by atoms with Crippen LogP contribution in [-0.2, 0) is 6.54 Å². The molecule has 0 aliphatic carbocycles. The monoisotopic (exact) mass is 423 g/mol. The Bertz CT molecular complexity index is 1010. The summed E-state index contributed by atoms with van der Waals surface area (Å²) in [6.07, 6.45) is 2.96. The van der Waals surface area contributed by atoms with E-state index < -0.39 is 0 Å². The van der Waals surface area contributed by atoms with Crippen molar-refractivity contribution >= 4 is 23.2 Å². The maximum atomic E-state index is 13.2. The van der Waals surface area contributed by atoms with Gasteiger partial charge in [-0.05, 0) is 60.9 Å². The van der Waals surface area contributed by atoms with Crippen LogP contribution in [0, 0.1) is 5.92 Å². The van der Waals surface area contributed by atoms with Crippen molar-refractivity contribution in [2.24, 2.45) is 5.92 Å². The molecule has 2 aromatic heterocycles. The van der Waals surface area contributed by atoms with Crippen LogP contribution in [0.5, 0.6) is 0 Å². The lowest BCUT2D eigenvalue weighted by Crippen LogP contribution is -2.41. The van der Waals surface area contributed by atoms with Crippen molar-refractivity contribution in [2.45, 2.75) is 33.4 Å². The van der Waals surface area contributed by atoms with Gasteiger partial charge in [-0.1, -0.05) is 13.8 Å². The lowest BCUT2D eigenvalue weighted by molar-refractivity contribution is 0.0595. The molecule has 0 saturated carbocycles. The molecule has 0 radical (unpaired) electrons. The van der Waals surface area contributed by atoms with Crippen LogP contribution in [0.1, 0.15) is 47.4 Å². The van der Waals surface area contributed by atoms with Crippen LogP contribution in [0.15, 0.2) is 63.8 Å². The Morgan fingerprint density at radius 3 is 2.16 bits per heavy atom. The molecule has 1 N–H and O–H groups in total. The van der Waals surface area contributed by atoms with Crippen molar-refractivity contribution in [2.75, 3.05) is 24.3 Å². The molecule has 2 heterocycles. The number of carbonyl (C=O) groups is 2. The second-order valence-corrected chi connectivity index (χ2v) is 8.06. The fourth-order valence-electron chi connectivity index (χ4n) is 3.31. The third kappa shape index (κ3) is 5.17. The van der Waals surface area contributed by atoms with E-state index in [1.165, 1.54) is 12.5 Å². The number of hydrogen-bond acceptors (Lipinski definition) is 5.